The van der Waals surface area contributed by atoms with Crippen molar-refractivity contribution in [3.05, 3.63) is 23.8 Å². The predicted octanol–water partition coefficient (Wildman–Crippen LogP) is -0.638. The first kappa shape index (κ1) is 15.1. The molecule has 2 atom stereocenters. The van der Waals surface area contributed by atoms with Crippen molar-refractivity contribution in [2.45, 2.75) is 31.3 Å². The molecule has 1 fully saturated rings. The van der Waals surface area contributed by atoms with Gasteiger partial charge in [0.25, 0.3) is 0 Å². The van der Waals surface area contributed by atoms with E-state index in [0.29, 0.717) is 24.9 Å². The number of carbonyl (C=O) groups is 2. The second-order valence-electron chi connectivity index (χ2n) is 5.18. The monoisotopic (exact) mass is 293 g/mol. The molecular weight excluding hydrogens is 274 g/mol. The number of nitrogens with two attached hydrogens (primary N) is 1. The number of amides is 2. The summed E-state index contributed by atoms with van der Waals surface area (Å²) >= 11 is 0. The lowest BCUT2D eigenvalue weighted by molar-refractivity contribution is -0.123. The molecule has 0 radical (unpaired) electrons. The maximum absolute atomic E-state index is 11.9. The van der Waals surface area contributed by atoms with Crippen molar-refractivity contribution < 1.29 is 19.8 Å². The number of rotatable bonds is 5. The van der Waals surface area contributed by atoms with Crippen LogP contribution < -0.4 is 16.4 Å². The molecule has 7 heteroatoms. The lowest BCUT2D eigenvalue weighted by Crippen LogP contribution is -2.46. The molecule has 6 N–H and O–H groups in total. The number of nitrogens with one attached hydrogen (secondary N) is 2. The summed E-state index contributed by atoms with van der Waals surface area (Å²) in [4.78, 5) is 22.9. The van der Waals surface area contributed by atoms with Crippen LogP contribution in [-0.2, 0) is 16.0 Å². The Morgan fingerprint density at radius 3 is 2.81 bits per heavy atom. The number of aromatic hydroxyl groups is 2. The molecule has 0 bridgehead atoms. The van der Waals surface area contributed by atoms with Gasteiger partial charge in [0, 0.05) is 19.0 Å². The van der Waals surface area contributed by atoms with Crippen LogP contribution in [0.3, 0.4) is 0 Å². The van der Waals surface area contributed by atoms with Gasteiger partial charge in [0.15, 0.2) is 11.5 Å². The van der Waals surface area contributed by atoms with Crippen molar-refractivity contribution in [3.63, 3.8) is 0 Å². The highest BCUT2D eigenvalue weighted by atomic mass is 16.3. The Kier molecular flexibility index (Phi) is 4.64. The molecule has 114 valence electrons. The van der Waals surface area contributed by atoms with Gasteiger partial charge < -0.3 is 26.6 Å². The van der Waals surface area contributed by atoms with Crippen LogP contribution >= 0.6 is 0 Å². The van der Waals surface area contributed by atoms with E-state index < -0.39 is 6.04 Å². The van der Waals surface area contributed by atoms with Gasteiger partial charge in [-0.2, -0.15) is 0 Å². The summed E-state index contributed by atoms with van der Waals surface area (Å²) in [5.74, 6) is -0.774. The van der Waals surface area contributed by atoms with Gasteiger partial charge in [-0.1, -0.05) is 6.07 Å². The Morgan fingerprint density at radius 2 is 2.19 bits per heavy atom. The predicted molar refractivity (Wildman–Crippen MR) is 75.6 cm³/mol. The Hall–Kier alpha value is -2.28. The molecule has 2 amide bonds. The summed E-state index contributed by atoms with van der Waals surface area (Å²) in [6, 6.07) is 3.53. The zero-order valence-corrected chi connectivity index (χ0v) is 11.5. The maximum Gasteiger partial charge on any atom is 0.237 e. The van der Waals surface area contributed by atoms with Gasteiger partial charge in [-0.15, -0.1) is 0 Å². The zero-order valence-electron chi connectivity index (χ0n) is 11.5. The minimum Gasteiger partial charge on any atom is -0.504 e. The summed E-state index contributed by atoms with van der Waals surface area (Å²) < 4.78 is 0. The van der Waals surface area contributed by atoms with Gasteiger partial charge in [-0.3, -0.25) is 9.59 Å². The minimum absolute atomic E-state index is 0.00174. The number of carbonyl (C=O) groups excluding carboxylic acids is 2. The molecule has 21 heavy (non-hydrogen) atoms. The van der Waals surface area contributed by atoms with Crippen LogP contribution in [0.15, 0.2) is 18.2 Å². The molecule has 0 saturated carbocycles. The fraction of sp³-hybridized carbons (Fsp3) is 0.429. The zero-order chi connectivity index (χ0) is 15.4. The highest BCUT2D eigenvalue weighted by molar-refractivity contribution is 5.82. The number of benzene rings is 1. The number of phenolic OH excluding ortho intramolecular Hbond substituents is 2. The second-order valence-corrected chi connectivity index (χ2v) is 5.18. The minimum atomic E-state index is -0.758. The van der Waals surface area contributed by atoms with Crippen molar-refractivity contribution >= 4 is 11.8 Å². The lowest BCUT2D eigenvalue weighted by atomic mass is 10.1. The molecule has 1 aromatic rings. The van der Waals surface area contributed by atoms with E-state index >= 15 is 0 Å². The fourth-order valence-corrected chi connectivity index (χ4v) is 2.23. The fourth-order valence-electron chi connectivity index (χ4n) is 2.23. The van der Waals surface area contributed by atoms with E-state index in [4.69, 9.17) is 5.73 Å². The molecule has 0 aliphatic carbocycles. The first-order valence-corrected chi connectivity index (χ1v) is 6.79. The summed E-state index contributed by atoms with van der Waals surface area (Å²) in [6.07, 6.45) is 1.44. The highest BCUT2D eigenvalue weighted by Crippen LogP contribution is 2.25. The maximum atomic E-state index is 11.9. The Labute approximate surface area is 122 Å². The van der Waals surface area contributed by atoms with Gasteiger partial charge in [0.2, 0.25) is 11.8 Å². The summed E-state index contributed by atoms with van der Waals surface area (Å²) in [5, 5.41) is 24.1. The standard InChI is InChI=1S/C14H19N3O4/c15-10(5-8-1-3-11(18)12(19)6-8)14(21)16-7-9-2-4-13(20)17-9/h1,3,6,9-10,18-19H,2,4-5,7,15H2,(H,16,21)(H,17,20)/t9?,10-/m0/s1. The molecule has 1 aliphatic rings. The Balaban J connectivity index is 1.81. The summed E-state index contributed by atoms with van der Waals surface area (Å²) in [6.45, 7) is 0.360. The van der Waals surface area contributed by atoms with Crippen molar-refractivity contribution in [1.29, 1.82) is 0 Å². The molecule has 7 nitrogen and oxygen atoms in total. The average Bonchev–Trinajstić information content (AvgIpc) is 2.86. The topological polar surface area (TPSA) is 125 Å². The van der Waals surface area contributed by atoms with Crippen molar-refractivity contribution in [2.75, 3.05) is 6.54 Å². The molecule has 1 aliphatic heterocycles. The largest absolute Gasteiger partial charge is 0.504 e. The van der Waals surface area contributed by atoms with Crippen LogP contribution in [-0.4, -0.2) is 40.7 Å². The molecule has 1 unspecified atom stereocenters. The van der Waals surface area contributed by atoms with E-state index in [2.05, 4.69) is 10.6 Å². The van der Waals surface area contributed by atoms with Gasteiger partial charge in [-0.25, -0.2) is 0 Å². The molecule has 1 heterocycles. The van der Waals surface area contributed by atoms with Crippen LogP contribution in [0.25, 0.3) is 0 Å². The van der Waals surface area contributed by atoms with Crippen molar-refractivity contribution in [2.24, 2.45) is 5.73 Å². The molecular formula is C14H19N3O4. The number of hydrogen-bond acceptors (Lipinski definition) is 5. The van der Waals surface area contributed by atoms with Crippen LogP contribution in [0.2, 0.25) is 0 Å². The molecule has 1 saturated heterocycles. The third-order valence-corrected chi connectivity index (χ3v) is 3.44. The normalized spacial score (nSPS) is 19.1. The van der Waals surface area contributed by atoms with Gasteiger partial charge in [0.1, 0.15) is 0 Å². The first-order valence-electron chi connectivity index (χ1n) is 6.79. The molecule has 0 aromatic heterocycles. The smallest absolute Gasteiger partial charge is 0.237 e. The third kappa shape index (κ3) is 4.09. The van der Waals surface area contributed by atoms with E-state index in [1.807, 2.05) is 0 Å². The van der Waals surface area contributed by atoms with Crippen LogP contribution in [0.4, 0.5) is 0 Å². The van der Waals surface area contributed by atoms with Crippen LogP contribution in [0.5, 0.6) is 11.5 Å². The molecule has 2 rings (SSSR count). The van der Waals surface area contributed by atoms with Crippen LogP contribution in [0, 0.1) is 0 Å². The van der Waals surface area contributed by atoms with E-state index in [-0.39, 0.29) is 35.8 Å². The Morgan fingerprint density at radius 1 is 1.43 bits per heavy atom. The van der Waals surface area contributed by atoms with Gasteiger partial charge >= 0.3 is 0 Å². The Bertz CT molecular complexity index is 547. The van der Waals surface area contributed by atoms with E-state index in [0.717, 1.165) is 0 Å². The van der Waals surface area contributed by atoms with E-state index in [1.165, 1.54) is 12.1 Å². The summed E-state index contributed by atoms with van der Waals surface area (Å²) in [5.41, 5.74) is 6.46. The highest BCUT2D eigenvalue weighted by Gasteiger charge is 2.22. The summed E-state index contributed by atoms with van der Waals surface area (Å²) in [7, 11) is 0. The quantitative estimate of drug-likeness (QED) is 0.462. The van der Waals surface area contributed by atoms with Crippen molar-refractivity contribution in [3.8, 4) is 11.5 Å². The van der Waals surface area contributed by atoms with Crippen LogP contribution in [0.1, 0.15) is 18.4 Å². The second kappa shape index (κ2) is 6.45. The average molecular weight is 293 g/mol. The van der Waals surface area contributed by atoms with E-state index in [9.17, 15) is 19.8 Å². The van der Waals surface area contributed by atoms with Crippen molar-refractivity contribution in [1.82, 2.24) is 10.6 Å². The first-order chi connectivity index (χ1) is 9.95. The third-order valence-electron chi connectivity index (χ3n) is 3.44. The SMILES string of the molecule is N[C@@H](Cc1ccc(O)c(O)c1)C(=O)NCC1CCC(=O)N1. The van der Waals surface area contributed by atoms with Gasteiger partial charge in [0.05, 0.1) is 6.04 Å². The molecule has 1 aromatic carbocycles. The number of hydrogen-bond donors (Lipinski definition) is 5. The lowest BCUT2D eigenvalue weighted by Gasteiger charge is -2.15. The molecule has 0 spiro atoms. The number of phenols is 2. The van der Waals surface area contributed by atoms with Gasteiger partial charge in [-0.05, 0) is 30.5 Å². The van der Waals surface area contributed by atoms with E-state index in [1.54, 1.807) is 6.07 Å².